The summed E-state index contributed by atoms with van der Waals surface area (Å²) >= 11 is 3.21. The standard InChI is InChI=1S/C17H14BrN3O2/c18-16-8-6-15(23-16)7-9-17(22)19-12-13-2-4-14(5-3-13)21-11-1-10-20-21/h1-11H,12H2,(H,19,22)/b9-7+. The summed E-state index contributed by atoms with van der Waals surface area (Å²) in [6, 6.07) is 13.3. The van der Waals surface area contributed by atoms with Crippen LogP contribution in [0.25, 0.3) is 11.8 Å². The van der Waals surface area contributed by atoms with Crippen LogP contribution >= 0.6 is 15.9 Å². The zero-order valence-electron chi connectivity index (χ0n) is 12.1. The molecular formula is C17H14BrN3O2. The molecule has 3 rings (SSSR count). The Kier molecular flexibility index (Phi) is 4.73. The van der Waals surface area contributed by atoms with Gasteiger partial charge in [-0.3, -0.25) is 4.79 Å². The third-order valence-electron chi connectivity index (χ3n) is 3.16. The molecule has 0 bridgehead atoms. The van der Waals surface area contributed by atoms with Gasteiger partial charge < -0.3 is 9.73 Å². The number of carbonyl (C=O) groups is 1. The number of halogens is 1. The van der Waals surface area contributed by atoms with Gasteiger partial charge in [0, 0.05) is 25.0 Å². The SMILES string of the molecule is O=C(/C=C/c1ccc(Br)o1)NCc1ccc(-n2cccn2)cc1. The molecule has 0 aliphatic rings. The Hall–Kier alpha value is -2.60. The molecule has 116 valence electrons. The Morgan fingerprint density at radius 2 is 2.09 bits per heavy atom. The number of benzene rings is 1. The van der Waals surface area contributed by atoms with Gasteiger partial charge >= 0.3 is 0 Å². The Labute approximate surface area is 141 Å². The van der Waals surface area contributed by atoms with Crippen molar-refractivity contribution in [2.75, 3.05) is 0 Å². The smallest absolute Gasteiger partial charge is 0.244 e. The number of rotatable bonds is 5. The molecule has 1 amide bonds. The maximum atomic E-state index is 11.8. The molecule has 0 spiro atoms. The van der Waals surface area contributed by atoms with E-state index in [0.717, 1.165) is 11.3 Å². The molecule has 0 aliphatic heterocycles. The second kappa shape index (κ2) is 7.11. The van der Waals surface area contributed by atoms with Crippen LogP contribution in [0.3, 0.4) is 0 Å². The topological polar surface area (TPSA) is 60.1 Å². The van der Waals surface area contributed by atoms with Crippen LogP contribution in [0, 0.1) is 0 Å². The molecule has 3 aromatic rings. The number of furan rings is 1. The van der Waals surface area contributed by atoms with Gasteiger partial charge in [0.25, 0.3) is 0 Å². The zero-order valence-corrected chi connectivity index (χ0v) is 13.7. The minimum Gasteiger partial charge on any atom is -0.450 e. The van der Waals surface area contributed by atoms with Gasteiger partial charge in [-0.25, -0.2) is 4.68 Å². The van der Waals surface area contributed by atoms with Crippen LogP contribution in [0.1, 0.15) is 11.3 Å². The van der Waals surface area contributed by atoms with Gasteiger partial charge in [-0.15, -0.1) is 0 Å². The average Bonchev–Trinajstić information content (AvgIpc) is 3.23. The summed E-state index contributed by atoms with van der Waals surface area (Å²) in [6.45, 7) is 0.463. The Balaban J connectivity index is 1.53. The van der Waals surface area contributed by atoms with E-state index in [0.29, 0.717) is 17.0 Å². The lowest BCUT2D eigenvalue weighted by Gasteiger charge is -2.05. The molecule has 0 unspecified atom stereocenters. The second-order valence-corrected chi connectivity index (χ2v) is 5.59. The highest BCUT2D eigenvalue weighted by Crippen LogP contribution is 2.15. The summed E-state index contributed by atoms with van der Waals surface area (Å²) < 4.78 is 7.71. The first-order valence-corrected chi connectivity index (χ1v) is 7.80. The van der Waals surface area contributed by atoms with Crippen molar-refractivity contribution in [1.29, 1.82) is 0 Å². The van der Waals surface area contributed by atoms with Crippen molar-refractivity contribution in [2.45, 2.75) is 6.54 Å². The van der Waals surface area contributed by atoms with Crippen LogP contribution in [-0.2, 0) is 11.3 Å². The van der Waals surface area contributed by atoms with E-state index < -0.39 is 0 Å². The van der Waals surface area contributed by atoms with Crippen LogP contribution in [0.4, 0.5) is 0 Å². The Morgan fingerprint density at radius 1 is 1.26 bits per heavy atom. The Bertz CT molecular complexity index is 805. The van der Waals surface area contributed by atoms with Gasteiger partial charge in [-0.05, 0) is 57.9 Å². The average molecular weight is 372 g/mol. The first-order chi connectivity index (χ1) is 11.2. The minimum absolute atomic E-state index is 0.173. The predicted molar refractivity (Wildman–Crippen MR) is 90.9 cm³/mol. The quantitative estimate of drug-likeness (QED) is 0.697. The van der Waals surface area contributed by atoms with Crippen LogP contribution in [-0.4, -0.2) is 15.7 Å². The molecule has 0 atom stereocenters. The lowest BCUT2D eigenvalue weighted by atomic mass is 10.2. The monoisotopic (exact) mass is 371 g/mol. The van der Waals surface area contributed by atoms with Crippen molar-refractivity contribution in [2.24, 2.45) is 0 Å². The van der Waals surface area contributed by atoms with E-state index in [9.17, 15) is 4.79 Å². The van der Waals surface area contributed by atoms with Crippen LogP contribution in [0.2, 0.25) is 0 Å². The van der Waals surface area contributed by atoms with E-state index in [4.69, 9.17) is 4.42 Å². The summed E-state index contributed by atoms with van der Waals surface area (Å²) in [5.74, 6) is 0.448. The van der Waals surface area contributed by atoms with Crippen LogP contribution < -0.4 is 5.32 Å². The zero-order chi connectivity index (χ0) is 16.1. The molecule has 2 aromatic heterocycles. The normalized spacial score (nSPS) is 11.0. The van der Waals surface area contributed by atoms with E-state index >= 15 is 0 Å². The highest BCUT2D eigenvalue weighted by atomic mass is 79.9. The largest absolute Gasteiger partial charge is 0.450 e. The maximum absolute atomic E-state index is 11.8. The van der Waals surface area contributed by atoms with Gasteiger partial charge in [0.1, 0.15) is 5.76 Å². The van der Waals surface area contributed by atoms with Gasteiger partial charge in [0.2, 0.25) is 5.91 Å². The molecular weight excluding hydrogens is 358 g/mol. The van der Waals surface area contributed by atoms with E-state index in [2.05, 4.69) is 26.3 Å². The summed E-state index contributed by atoms with van der Waals surface area (Å²) in [4.78, 5) is 11.8. The maximum Gasteiger partial charge on any atom is 0.244 e. The number of nitrogens with zero attached hydrogens (tertiary/aromatic N) is 2. The number of amides is 1. The third kappa shape index (κ3) is 4.20. The van der Waals surface area contributed by atoms with Gasteiger partial charge in [-0.1, -0.05) is 12.1 Å². The van der Waals surface area contributed by atoms with Crippen molar-refractivity contribution in [3.63, 3.8) is 0 Å². The Morgan fingerprint density at radius 3 is 2.74 bits per heavy atom. The molecule has 6 heteroatoms. The highest BCUT2D eigenvalue weighted by Gasteiger charge is 2.00. The van der Waals surface area contributed by atoms with Gasteiger partial charge in [0.05, 0.1) is 5.69 Å². The molecule has 2 heterocycles. The van der Waals surface area contributed by atoms with Crippen molar-refractivity contribution in [3.8, 4) is 5.69 Å². The molecule has 0 fully saturated rings. The van der Waals surface area contributed by atoms with E-state index in [-0.39, 0.29) is 5.91 Å². The first kappa shape index (κ1) is 15.3. The summed E-state index contributed by atoms with van der Waals surface area (Å²) in [5, 5.41) is 7.00. The minimum atomic E-state index is -0.173. The fourth-order valence-corrected chi connectivity index (χ4v) is 2.33. The van der Waals surface area contributed by atoms with Crippen molar-refractivity contribution in [3.05, 3.63) is 76.9 Å². The van der Waals surface area contributed by atoms with Crippen LogP contribution in [0.5, 0.6) is 0 Å². The molecule has 5 nitrogen and oxygen atoms in total. The van der Waals surface area contributed by atoms with Crippen molar-refractivity contribution in [1.82, 2.24) is 15.1 Å². The fourth-order valence-electron chi connectivity index (χ4n) is 2.01. The van der Waals surface area contributed by atoms with E-state index in [1.165, 1.54) is 6.08 Å². The first-order valence-electron chi connectivity index (χ1n) is 7.01. The summed E-state index contributed by atoms with van der Waals surface area (Å²) in [7, 11) is 0. The number of nitrogens with one attached hydrogen (secondary N) is 1. The molecule has 1 N–H and O–H groups in total. The summed E-state index contributed by atoms with van der Waals surface area (Å²) in [5.41, 5.74) is 2.00. The molecule has 1 aromatic carbocycles. The predicted octanol–water partition coefficient (Wildman–Crippen LogP) is 3.56. The fraction of sp³-hybridized carbons (Fsp3) is 0.0588. The molecule has 0 radical (unpaired) electrons. The third-order valence-corrected chi connectivity index (χ3v) is 3.59. The van der Waals surface area contributed by atoms with E-state index in [1.54, 1.807) is 29.1 Å². The number of hydrogen-bond donors (Lipinski definition) is 1. The van der Waals surface area contributed by atoms with Gasteiger partial charge in [0.15, 0.2) is 4.67 Å². The second-order valence-electron chi connectivity index (χ2n) is 4.81. The number of carbonyl (C=O) groups excluding carboxylic acids is 1. The number of aromatic nitrogens is 2. The molecule has 0 aliphatic carbocycles. The van der Waals surface area contributed by atoms with Crippen LogP contribution in [0.15, 0.2) is 70.0 Å². The highest BCUT2D eigenvalue weighted by molar-refractivity contribution is 9.10. The van der Waals surface area contributed by atoms with Gasteiger partial charge in [-0.2, -0.15) is 5.10 Å². The summed E-state index contributed by atoms with van der Waals surface area (Å²) in [6.07, 6.45) is 6.69. The number of hydrogen-bond acceptors (Lipinski definition) is 3. The molecule has 0 saturated heterocycles. The molecule has 0 saturated carbocycles. The van der Waals surface area contributed by atoms with Crippen molar-refractivity contribution < 1.29 is 9.21 Å². The van der Waals surface area contributed by atoms with E-state index in [1.807, 2.05) is 36.5 Å². The lowest BCUT2D eigenvalue weighted by molar-refractivity contribution is -0.116. The lowest BCUT2D eigenvalue weighted by Crippen LogP contribution is -2.20. The van der Waals surface area contributed by atoms with Crippen molar-refractivity contribution >= 4 is 27.9 Å². The molecule has 23 heavy (non-hydrogen) atoms.